The lowest BCUT2D eigenvalue weighted by Crippen LogP contribution is -2.40. The second-order valence-corrected chi connectivity index (χ2v) is 5.82. The zero-order chi connectivity index (χ0) is 15.1. The van der Waals surface area contributed by atoms with Gasteiger partial charge in [-0.15, -0.1) is 0 Å². The van der Waals surface area contributed by atoms with Crippen LogP contribution in [-0.2, 0) is 14.4 Å². The van der Waals surface area contributed by atoms with Crippen LogP contribution in [0.1, 0.15) is 39.5 Å². The highest BCUT2D eigenvalue weighted by atomic mass is 16.4. The van der Waals surface area contributed by atoms with Crippen LogP contribution in [0.3, 0.4) is 0 Å². The number of amides is 2. The summed E-state index contributed by atoms with van der Waals surface area (Å²) in [4.78, 5) is 35.5. The van der Waals surface area contributed by atoms with E-state index in [1.807, 2.05) is 13.8 Å². The van der Waals surface area contributed by atoms with Crippen molar-refractivity contribution in [2.24, 2.45) is 11.8 Å². The van der Waals surface area contributed by atoms with Crippen molar-refractivity contribution in [2.75, 3.05) is 19.6 Å². The van der Waals surface area contributed by atoms with Gasteiger partial charge in [-0.25, -0.2) is 0 Å². The first-order valence-corrected chi connectivity index (χ1v) is 7.14. The first kappa shape index (κ1) is 16.5. The van der Waals surface area contributed by atoms with Crippen LogP contribution in [0.2, 0.25) is 0 Å². The molecule has 0 radical (unpaired) electrons. The largest absolute Gasteiger partial charge is 0.481 e. The van der Waals surface area contributed by atoms with Gasteiger partial charge in [0, 0.05) is 25.9 Å². The quantitative estimate of drug-likeness (QED) is 0.692. The van der Waals surface area contributed by atoms with Crippen LogP contribution in [0.25, 0.3) is 0 Å². The summed E-state index contributed by atoms with van der Waals surface area (Å²) in [6.07, 6.45) is 2.14. The molecule has 2 N–H and O–H groups in total. The minimum absolute atomic E-state index is 0.0180. The topological polar surface area (TPSA) is 86.7 Å². The van der Waals surface area contributed by atoms with E-state index in [-0.39, 0.29) is 30.7 Å². The Kier molecular flexibility index (Phi) is 6.48. The number of carbonyl (C=O) groups is 3. The third-order valence-electron chi connectivity index (χ3n) is 3.36. The molecule has 0 bridgehead atoms. The molecule has 1 saturated heterocycles. The number of nitrogens with one attached hydrogen (secondary N) is 1. The number of hydrogen-bond donors (Lipinski definition) is 2. The summed E-state index contributed by atoms with van der Waals surface area (Å²) >= 11 is 0. The number of hydrogen-bond acceptors (Lipinski definition) is 3. The van der Waals surface area contributed by atoms with Gasteiger partial charge < -0.3 is 15.3 Å². The molecule has 1 heterocycles. The smallest absolute Gasteiger partial charge is 0.303 e. The van der Waals surface area contributed by atoms with Gasteiger partial charge in [0.15, 0.2) is 0 Å². The second-order valence-electron chi connectivity index (χ2n) is 5.82. The maximum absolute atomic E-state index is 11.8. The van der Waals surface area contributed by atoms with Gasteiger partial charge in [0.05, 0.1) is 6.54 Å². The average Bonchev–Trinajstić information content (AvgIpc) is 2.70. The van der Waals surface area contributed by atoms with Crippen LogP contribution in [0, 0.1) is 11.8 Å². The zero-order valence-corrected chi connectivity index (χ0v) is 12.2. The van der Waals surface area contributed by atoms with E-state index in [0.29, 0.717) is 25.4 Å². The number of nitrogens with zero attached hydrogens (tertiary/aromatic N) is 1. The number of aliphatic carboxylic acids is 1. The maximum Gasteiger partial charge on any atom is 0.303 e. The summed E-state index contributed by atoms with van der Waals surface area (Å²) in [5.74, 6) is -0.717. The molecule has 0 saturated carbocycles. The molecule has 1 aliphatic rings. The molecule has 1 fully saturated rings. The maximum atomic E-state index is 11.8. The molecule has 0 aromatic carbocycles. The van der Waals surface area contributed by atoms with Crippen LogP contribution in [-0.4, -0.2) is 47.4 Å². The van der Waals surface area contributed by atoms with Crippen LogP contribution < -0.4 is 5.32 Å². The van der Waals surface area contributed by atoms with E-state index in [4.69, 9.17) is 5.11 Å². The van der Waals surface area contributed by atoms with Gasteiger partial charge in [-0.05, 0) is 24.7 Å². The Bertz CT molecular complexity index is 368. The molecule has 0 aromatic rings. The van der Waals surface area contributed by atoms with Gasteiger partial charge in [0.1, 0.15) is 0 Å². The fourth-order valence-electron chi connectivity index (χ4n) is 2.51. The van der Waals surface area contributed by atoms with Gasteiger partial charge in [-0.3, -0.25) is 14.4 Å². The second kappa shape index (κ2) is 7.87. The fourth-order valence-corrected chi connectivity index (χ4v) is 2.51. The van der Waals surface area contributed by atoms with Crippen molar-refractivity contribution in [1.29, 1.82) is 0 Å². The molecular formula is C14H24N2O4. The SMILES string of the molecule is CC(C)CC(CNC(=O)CN1CCCC1=O)CC(=O)O. The van der Waals surface area contributed by atoms with E-state index in [1.54, 1.807) is 4.90 Å². The monoisotopic (exact) mass is 284 g/mol. The molecule has 20 heavy (non-hydrogen) atoms. The molecule has 0 aromatic heterocycles. The number of likely N-dealkylation sites (tertiary alicyclic amines) is 1. The summed E-state index contributed by atoms with van der Waals surface area (Å²) in [6, 6.07) is 0. The van der Waals surface area contributed by atoms with E-state index in [2.05, 4.69) is 5.32 Å². The van der Waals surface area contributed by atoms with Gasteiger partial charge in [0.25, 0.3) is 0 Å². The van der Waals surface area contributed by atoms with Gasteiger partial charge in [0.2, 0.25) is 11.8 Å². The Hall–Kier alpha value is -1.59. The van der Waals surface area contributed by atoms with Crippen LogP contribution in [0.15, 0.2) is 0 Å². The van der Waals surface area contributed by atoms with E-state index >= 15 is 0 Å². The Labute approximate surface area is 119 Å². The number of carboxylic acid groups (broad SMARTS) is 1. The standard InChI is InChI=1S/C14H24N2O4/c1-10(2)6-11(7-14(19)20)8-15-12(17)9-16-5-3-4-13(16)18/h10-11H,3-9H2,1-2H3,(H,15,17)(H,19,20). The normalized spacial score (nSPS) is 16.6. The lowest BCUT2D eigenvalue weighted by atomic mass is 9.94. The first-order chi connectivity index (χ1) is 9.38. The summed E-state index contributed by atoms with van der Waals surface area (Å²) in [7, 11) is 0. The van der Waals surface area contributed by atoms with Gasteiger partial charge in [-0.1, -0.05) is 13.8 Å². The molecule has 2 amide bonds. The van der Waals surface area contributed by atoms with Crippen molar-refractivity contribution in [3.63, 3.8) is 0 Å². The third-order valence-corrected chi connectivity index (χ3v) is 3.36. The molecule has 6 heteroatoms. The molecule has 1 aliphatic heterocycles. The highest BCUT2D eigenvalue weighted by Gasteiger charge is 2.23. The highest BCUT2D eigenvalue weighted by molar-refractivity contribution is 5.85. The zero-order valence-electron chi connectivity index (χ0n) is 12.2. The Morgan fingerprint density at radius 3 is 2.60 bits per heavy atom. The highest BCUT2D eigenvalue weighted by Crippen LogP contribution is 2.15. The van der Waals surface area contributed by atoms with Crippen molar-refractivity contribution >= 4 is 17.8 Å². The predicted molar refractivity (Wildman–Crippen MR) is 74.0 cm³/mol. The van der Waals surface area contributed by atoms with E-state index in [1.165, 1.54) is 0 Å². The van der Waals surface area contributed by atoms with Crippen molar-refractivity contribution in [3.05, 3.63) is 0 Å². The number of rotatable bonds is 8. The molecule has 1 atom stereocenters. The minimum Gasteiger partial charge on any atom is -0.481 e. The van der Waals surface area contributed by atoms with Crippen molar-refractivity contribution < 1.29 is 19.5 Å². The predicted octanol–water partition coefficient (Wildman–Crippen LogP) is 0.862. The Morgan fingerprint density at radius 2 is 2.10 bits per heavy atom. The van der Waals surface area contributed by atoms with E-state index in [0.717, 1.165) is 12.8 Å². The lowest BCUT2D eigenvalue weighted by molar-refractivity contribution is -0.138. The fraction of sp³-hybridized carbons (Fsp3) is 0.786. The van der Waals surface area contributed by atoms with Crippen LogP contribution in [0.4, 0.5) is 0 Å². The third kappa shape index (κ3) is 6.04. The molecule has 1 unspecified atom stereocenters. The van der Waals surface area contributed by atoms with Crippen molar-refractivity contribution in [3.8, 4) is 0 Å². The van der Waals surface area contributed by atoms with Gasteiger partial charge in [-0.2, -0.15) is 0 Å². The van der Waals surface area contributed by atoms with E-state index in [9.17, 15) is 14.4 Å². The molecule has 114 valence electrons. The summed E-state index contributed by atoms with van der Waals surface area (Å²) in [5, 5.41) is 11.6. The average molecular weight is 284 g/mol. The molecule has 0 spiro atoms. The van der Waals surface area contributed by atoms with Crippen LogP contribution >= 0.6 is 0 Å². The minimum atomic E-state index is -0.848. The first-order valence-electron chi connectivity index (χ1n) is 7.14. The molecular weight excluding hydrogens is 260 g/mol. The molecule has 6 nitrogen and oxygen atoms in total. The van der Waals surface area contributed by atoms with Crippen molar-refractivity contribution in [1.82, 2.24) is 10.2 Å². The lowest BCUT2D eigenvalue weighted by Gasteiger charge is -2.19. The Morgan fingerprint density at radius 1 is 1.40 bits per heavy atom. The molecule has 1 rings (SSSR count). The summed E-state index contributed by atoms with van der Waals surface area (Å²) in [6.45, 7) is 5.13. The van der Waals surface area contributed by atoms with Gasteiger partial charge >= 0.3 is 5.97 Å². The number of carboxylic acids is 1. The van der Waals surface area contributed by atoms with Crippen LogP contribution in [0.5, 0.6) is 0 Å². The molecule has 0 aliphatic carbocycles. The summed E-state index contributed by atoms with van der Waals surface area (Å²) in [5.41, 5.74) is 0. The summed E-state index contributed by atoms with van der Waals surface area (Å²) < 4.78 is 0. The number of carbonyl (C=O) groups excluding carboxylic acids is 2. The Balaban J connectivity index is 2.35. The van der Waals surface area contributed by atoms with Crippen molar-refractivity contribution in [2.45, 2.75) is 39.5 Å². The van der Waals surface area contributed by atoms with E-state index < -0.39 is 5.97 Å².